The van der Waals surface area contributed by atoms with Gasteiger partial charge in [0, 0.05) is 11.6 Å². The zero-order valence-corrected chi connectivity index (χ0v) is 11.7. The van der Waals surface area contributed by atoms with Crippen molar-refractivity contribution in [2.75, 3.05) is 7.11 Å². The highest BCUT2D eigenvalue weighted by molar-refractivity contribution is 7.80. The highest BCUT2D eigenvalue weighted by atomic mass is 32.1. The first-order valence-electron chi connectivity index (χ1n) is 5.94. The summed E-state index contributed by atoms with van der Waals surface area (Å²) in [5.74, 6) is 0.937. The summed E-state index contributed by atoms with van der Waals surface area (Å²) in [6.07, 6.45) is 0. The van der Waals surface area contributed by atoms with E-state index >= 15 is 0 Å². The maximum atomic E-state index is 12.8. The number of methoxy groups -OCH3 is 1. The van der Waals surface area contributed by atoms with Gasteiger partial charge in [0.15, 0.2) is 0 Å². The molecule has 104 valence electrons. The first kappa shape index (κ1) is 14.3. The number of ether oxygens (including phenoxy) is 2. The van der Waals surface area contributed by atoms with Crippen LogP contribution < -0.4 is 15.2 Å². The highest BCUT2D eigenvalue weighted by Crippen LogP contribution is 2.23. The summed E-state index contributed by atoms with van der Waals surface area (Å²) in [6.45, 7) is 0.324. The largest absolute Gasteiger partial charge is 0.497 e. The van der Waals surface area contributed by atoms with Gasteiger partial charge in [0.25, 0.3) is 0 Å². The van der Waals surface area contributed by atoms with Crippen molar-refractivity contribution in [3.8, 4) is 11.5 Å². The summed E-state index contributed by atoms with van der Waals surface area (Å²) in [7, 11) is 1.56. The lowest BCUT2D eigenvalue weighted by Gasteiger charge is -2.10. The zero-order valence-electron chi connectivity index (χ0n) is 10.9. The Labute approximate surface area is 122 Å². The normalized spacial score (nSPS) is 10.1. The molecule has 20 heavy (non-hydrogen) atoms. The van der Waals surface area contributed by atoms with Gasteiger partial charge in [-0.15, -0.1) is 0 Å². The van der Waals surface area contributed by atoms with E-state index < -0.39 is 0 Å². The van der Waals surface area contributed by atoms with E-state index in [0.29, 0.717) is 23.7 Å². The molecule has 0 amide bonds. The fourth-order valence-electron chi connectivity index (χ4n) is 1.66. The number of hydrogen-bond donors (Lipinski definition) is 1. The second-order valence-electron chi connectivity index (χ2n) is 4.18. The topological polar surface area (TPSA) is 44.5 Å². The molecule has 0 aliphatic heterocycles. The predicted octanol–water partition coefficient (Wildman–Crippen LogP) is 3.05. The van der Waals surface area contributed by atoms with Crippen LogP contribution in [-0.4, -0.2) is 12.1 Å². The Morgan fingerprint density at radius 3 is 2.40 bits per heavy atom. The summed E-state index contributed by atoms with van der Waals surface area (Å²) in [5, 5.41) is 0. The Morgan fingerprint density at radius 1 is 1.15 bits per heavy atom. The van der Waals surface area contributed by atoms with E-state index in [0.717, 1.165) is 5.56 Å². The van der Waals surface area contributed by atoms with Crippen LogP contribution in [0.15, 0.2) is 42.5 Å². The molecule has 0 aliphatic carbocycles. The summed E-state index contributed by atoms with van der Waals surface area (Å²) in [5.41, 5.74) is 7.15. The second-order valence-corrected chi connectivity index (χ2v) is 4.62. The van der Waals surface area contributed by atoms with Gasteiger partial charge in [0.2, 0.25) is 0 Å². The Hall–Kier alpha value is -2.14. The van der Waals surface area contributed by atoms with Crippen molar-refractivity contribution in [3.63, 3.8) is 0 Å². The molecule has 0 fully saturated rings. The Morgan fingerprint density at radius 2 is 1.80 bits per heavy atom. The van der Waals surface area contributed by atoms with Crippen molar-refractivity contribution >= 4 is 17.2 Å². The van der Waals surface area contributed by atoms with Crippen LogP contribution in [-0.2, 0) is 6.61 Å². The van der Waals surface area contributed by atoms with Gasteiger partial charge < -0.3 is 15.2 Å². The van der Waals surface area contributed by atoms with Gasteiger partial charge in [-0.25, -0.2) is 4.39 Å². The fraction of sp³-hybridized carbons (Fsp3) is 0.133. The smallest absolute Gasteiger partial charge is 0.124 e. The maximum absolute atomic E-state index is 12.8. The first-order chi connectivity index (χ1) is 9.58. The van der Waals surface area contributed by atoms with Crippen LogP contribution >= 0.6 is 12.2 Å². The monoisotopic (exact) mass is 291 g/mol. The number of thiocarbonyl (C=S) groups is 1. The lowest BCUT2D eigenvalue weighted by Crippen LogP contribution is -2.09. The van der Waals surface area contributed by atoms with Gasteiger partial charge in [0.05, 0.1) is 7.11 Å². The molecular formula is C15H14FNO2S. The Bertz CT molecular complexity index is 614. The van der Waals surface area contributed by atoms with Crippen molar-refractivity contribution in [1.82, 2.24) is 0 Å². The molecule has 0 unspecified atom stereocenters. The summed E-state index contributed by atoms with van der Waals surface area (Å²) in [6, 6.07) is 11.4. The molecule has 0 heterocycles. The van der Waals surface area contributed by atoms with Gasteiger partial charge >= 0.3 is 0 Å². The van der Waals surface area contributed by atoms with E-state index in [4.69, 9.17) is 27.4 Å². The quantitative estimate of drug-likeness (QED) is 0.860. The predicted molar refractivity (Wildman–Crippen MR) is 79.6 cm³/mol. The van der Waals surface area contributed by atoms with Crippen LogP contribution in [0.25, 0.3) is 0 Å². The van der Waals surface area contributed by atoms with Crippen LogP contribution in [0.2, 0.25) is 0 Å². The molecule has 5 heteroatoms. The number of hydrogen-bond acceptors (Lipinski definition) is 3. The van der Waals surface area contributed by atoms with Crippen LogP contribution in [0.5, 0.6) is 11.5 Å². The Balaban J connectivity index is 2.14. The van der Waals surface area contributed by atoms with E-state index in [1.165, 1.54) is 12.1 Å². The van der Waals surface area contributed by atoms with Crippen molar-refractivity contribution in [1.29, 1.82) is 0 Å². The van der Waals surface area contributed by atoms with Gasteiger partial charge in [0.1, 0.15) is 28.9 Å². The van der Waals surface area contributed by atoms with Gasteiger partial charge in [-0.3, -0.25) is 0 Å². The maximum Gasteiger partial charge on any atom is 0.124 e. The van der Waals surface area contributed by atoms with Gasteiger partial charge in [-0.1, -0.05) is 24.4 Å². The van der Waals surface area contributed by atoms with E-state index in [1.54, 1.807) is 37.4 Å². The molecule has 0 aromatic heterocycles. The number of benzene rings is 2. The molecule has 0 aliphatic rings. The van der Waals surface area contributed by atoms with E-state index in [-0.39, 0.29) is 10.8 Å². The van der Waals surface area contributed by atoms with Crippen molar-refractivity contribution < 1.29 is 13.9 Å². The summed E-state index contributed by atoms with van der Waals surface area (Å²) >= 11 is 4.95. The molecule has 0 radical (unpaired) electrons. The molecule has 0 bridgehead atoms. The van der Waals surface area contributed by atoms with E-state index in [9.17, 15) is 4.39 Å². The van der Waals surface area contributed by atoms with Crippen molar-refractivity contribution in [2.24, 2.45) is 5.73 Å². The standard InChI is InChI=1S/C15H14FNO2S/c1-18-13-6-11(15(17)20)7-14(8-13)19-9-10-2-4-12(16)5-3-10/h2-8H,9H2,1H3,(H2,17,20). The molecule has 0 spiro atoms. The number of rotatable bonds is 5. The van der Waals surface area contributed by atoms with Crippen LogP contribution in [0.3, 0.4) is 0 Å². The van der Waals surface area contributed by atoms with Crippen LogP contribution in [0, 0.1) is 5.82 Å². The summed E-state index contributed by atoms with van der Waals surface area (Å²) < 4.78 is 23.6. The average molecular weight is 291 g/mol. The van der Waals surface area contributed by atoms with Crippen molar-refractivity contribution in [2.45, 2.75) is 6.61 Å². The minimum absolute atomic E-state index is 0.272. The molecule has 2 aromatic carbocycles. The van der Waals surface area contributed by atoms with E-state index in [2.05, 4.69) is 0 Å². The van der Waals surface area contributed by atoms with Crippen LogP contribution in [0.4, 0.5) is 4.39 Å². The van der Waals surface area contributed by atoms with Crippen LogP contribution in [0.1, 0.15) is 11.1 Å². The highest BCUT2D eigenvalue weighted by Gasteiger charge is 2.05. The fourth-order valence-corrected chi connectivity index (χ4v) is 1.78. The SMILES string of the molecule is COc1cc(OCc2ccc(F)cc2)cc(C(N)=S)c1. The summed E-state index contributed by atoms with van der Waals surface area (Å²) in [4.78, 5) is 0.274. The third-order valence-electron chi connectivity index (χ3n) is 2.72. The number of nitrogens with two attached hydrogens (primary N) is 1. The van der Waals surface area contributed by atoms with Gasteiger partial charge in [-0.05, 0) is 29.8 Å². The lowest BCUT2D eigenvalue weighted by molar-refractivity contribution is 0.303. The molecule has 0 atom stereocenters. The minimum Gasteiger partial charge on any atom is -0.497 e. The molecule has 3 nitrogen and oxygen atoms in total. The average Bonchev–Trinajstić information content (AvgIpc) is 2.46. The van der Waals surface area contributed by atoms with Crippen molar-refractivity contribution in [3.05, 3.63) is 59.4 Å². The molecular weight excluding hydrogens is 277 g/mol. The third kappa shape index (κ3) is 3.68. The lowest BCUT2D eigenvalue weighted by atomic mass is 10.2. The first-order valence-corrected chi connectivity index (χ1v) is 6.35. The van der Waals surface area contributed by atoms with E-state index in [1.807, 2.05) is 0 Å². The molecule has 0 saturated carbocycles. The third-order valence-corrected chi connectivity index (χ3v) is 2.95. The number of halogens is 1. The Kier molecular flexibility index (Phi) is 4.53. The molecule has 2 rings (SSSR count). The van der Waals surface area contributed by atoms with Gasteiger partial charge in [-0.2, -0.15) is 0 Å². The molecule has 2 aromatic rings. The molecule has 0 saturated heterocycles. The zero-order chi connectivity index (χ0) is 14.5. The molecule has 2 N–H and O–H groups in total. The second kappa shape index (κ2) is 6.34. The minimum atomic E-state index is -0.272.